The molecule has 0 aliphatic rings. The lowest BCUT2D eigenvalue weighted by Gasteiger charge is -2.07. The third-order valence-electron chi connectivity index (χ3n) is 2.87. The molecule has 0 aliphatic carbocycles. The van der Waals surface area contributed by atoms with Gasteiger partial charge in [0, 0.05) is 21.8 Å². The van der Waals surface area contributed by atoms with E-state index in [1.54, 1.807) is 25.3 Å². The Balaban J connectivity index is 1.85. The minimum Gasteiger partial charge on any atom is -0.497 e. The summed E-state index contributed by atoms with van der Waals surface area (Å²) in [7, 11) is 1.57. The van der Waals surface area contributed by atoms with Gasteiger partial charge < -0.3 is 10.1 Å². The molecule has 1 amide bonds. The third-order valence-corrected chi connectivity index (χ3v) is 3.37. The summed E-state index contributed by atoms with van der Waals surface area (Å²) >= 11 is 3.24. The van der Waals surface area contributed by atoms with Gasteiger partial charge in [-0.3, -0.25) is 4.79 Å². The fraction of sp³-hybridized carbons (Fsp3) is 0.125. The van der Waals surface area contributed by atoms with Crippen LogP contribution >= 0.6 is 15.9 Å². The van der Waals surface area contributed by atoms with Gasteiger partial charge in [0.1, 0.15) is 11.6 Å². The number of methoxy groups -OCH3 is 1. The van der Waals surface area contributed by atoms with Crippen molar-refractivity contribution in [1.82, 2.24) is 5.43 Å². The molecule has 2 N–H and O–H groups in total. The van der Waals surface area contributed by atoms with Crippen LogP contribution in [0.25, 0.3) is 0 Å². The van der Waals surface area contributed by atoms with Gasteiger partial charge in [0.25, 0.3) is 5.91 Å². The molecule has 7 heteroatoms. The van der Waals surface area contributed by atoms with Gasteiger partial charge >= 0.3 is 0 Å². The molecular formula is C16H15BrFN3O2. The number of nitrogens with zero attached hydrogens (tertiary/aromatic N) is 1. The van der Waals surface area contributed by atoms with Crippen LogP contribution in [0.3, 0.4) is 0 Å². The van der Waals surface area contributed by atoms with Gasteiger partial charge in [0.15, 0.2) is 0 Å². The van der Waals surface area contributed by atoms with Crippen LogP contribution < -0.4 is 15.5 Å². The monoisotopic (exact) mass is 379 g/mol. The SMILES string of the molecule is COc1cccc(NCC(=O)N/N=C\c2cc(Br)ccc2F)c1. The topological polar surface area (TPSA) is 62.7 Å². The number of benzene rings is 2. The lowest BCUT2D eigenvalue weighted by molar-refractivity contribution is -0.119. The third kappa shape index (κ3) is 5.37. The minimum absolute atomic E-state index is 0.0332. The van der Waals surface area contributed by atoms with E-state index < -0.39 is 5.82 Å². The molecule has 2 aromatic rings. The number of hydrogen-bond donors (Lipinski definition) is 2. The Labute approximate surface area is 141 Å². The molecule has 0 bridgehead atoms. The van der Waals surface area contributed by atoms with Crippen LogP contribution in [0.15, 0.2) is 52.0 Å². The molecule has 0 saturated carbocycles. The van der Waals surface area contributed by atoms with Crippen molar-refractivity contribution in [1.29, 1.82) is 0 Å². The quantitative estimate of drug-likeness (QED) is 0.598. The summed E-state index contributed by atoms with van der Waals surface area (Å²) in [6.07, 6.45) is 1.25. The molecule has 0 aliphatic heterocycles. The van der Waals surface area contributed by atoms with Crippen molar-refractivity contribution in [3.63, 3.8) is 0 Å². The van der Waals surface area contributed by atoms with E-state index in [0.717, 1.165) is 10.2 Å². The van der Waals surface area contributed by atoms with Crippen LogP contribution in [-0.4, -0.2) is 25.8 Å². The molecule has 0 spiro atoms. The molecule has 0 aromatic heterocycles. The lowest BCUT2D eigenvalue weighted by atomic mass is 10.2. The van der Waals surface area contributed by atoms with Gasteiger partial charge in [0.05, 0.1) is 19.9 Å². The maximum absolute atomic E-state index is 13.5. The molecule has 0 unspecified atom stereocenters. The minimum atomic E-state index is -0.416. The van der Waals surface area contributed by atoms with Crippen molar-refractivity contribution >= 4 is 33.7 Å². The van der Waals surface area contributed by atoms with Crippen LogP contribution in [0.2, 0.25) is 0 Å². The first-order valence-corrected chi connectivity index (χ1v) is 7.52. The molecular weight excluding hydrogens is 365 g/mol. The number of hydrazone groups is 1. The summed E-state index contributed by atoms with van der Waals surface area (Å²) in [5, 5.41) is 6.68. The second-order valence-corrected chi connectivity index (χ2v) is 5.46. The molecule has 0 fully saturated rings. The first kappa shape index (κ1) is 17.0. The average molecular weight is 380 g/mol. The molecule has 23 heavy (non-hydrogen) atoms. The summed E-state index contributed by atoms with van der Waals surface area (Å²) in [5.74, 6) is -0.0706. The maximum atomic E-state index is 13.5. The highest BCUT2D eigenvalue weighted by molar-refractivity contribution is 9.10. The van der Waals surface area contributed by atoms with Gasteiger partial charge in [-0.25, -0.2) is 9.82 Å². The first-order valence-electron chi connectivity index (χ1n) is 6.73. The van der Waals surface area contributed by atoms with Crippen molar-refractivity contribution < 1.29 is 13.9 Å². The highest BCUT2D eigenvalue weighted by atomic mass is 79.9. The first-order chi connectivity index (χ1) is 11.1. The number of anilines is 1. The maximum Gasteiger partial charge on any atom is 0.259 e. The van der Waals surface area contributed by atoms with Crippen molar-refractivity contribution in [2.45, 2.75) is 0 Å². The smallest absolute Gasteiger partial charge is 0.259 e. The number of halogens is 2. The van der Waals surface area contributed by atoms with Crippen LogP contribution in [0.1, 0.15) is 5.56 Å². The predicted molar refractivity (Wildman–Crippen MR) is 91.3 cm³/mol. The molecule has 2 aromatic carbocycles. The van der Waals surface area contributed by atoms with Gasteiger partial charge in [-0.15, -0.1) is 0 Å². The molecule has 0 radical (unpaired) electrons. The Hall–Kier alpha value is -2.41. The second kappa shape index (κ2) is 8.28. The van der Waals surface area contributed by atoms with E-state index in [2.05, 4.69) is 31.8 Å². The van der Waals surface area contributed by atoms with E-state index >= 15 is 0 Å². The number of nitrogens with one attached hydrogen (secondary N) is 2. The number of ether oxygens (including phenoxy) is 1. The van der Waals surface area contributed by atoms with E-state index in [9.17, 15) is 9.18 Å². The zero-order valence-electron chi connectivity index (χ0n) is 12.3. The van der Waals surface area contributed by atoms with E-state index in [0.29, 0.717) is 5.75 Å². The highest BCUT2D eigenvalue weighted by Gasteiger charge is 2.02. The number of carbonyl (C=O) groups is 1. The standard InChI is InChI=1S/C16H15BrFN3O2/c1-23-14-4-2-3-13(8-14)19-10-16(22)21-20-9-11-7-12(17)5-6-15(11)18/h2-9,19H,10H2,1H3,(H,21,22)/b20-9-. The van der Waals surface area contributed by atoms with Gasteiger partial charge in [-0.1, -0.05) is 22.0 Å². The zero-order chi connectivity index (χ0) is 16.7. The average Bonchev–Trinajstić information content (AvgIpc) is 2.56. The van der Waals surface area contributed by atoms with Crippen molar-refractivity contribution in [2.75, 3.05) is 19.0 Å². The van der Waals surface area contributed by atoms with Crippen LogP contribution in [0.5, 0.6) is 5.75 Å². The Kier molecular flexibility index (Phi) is 6.10. The molecule has 120 valence electrons. The Morgan fingerprint density at radius 2 is 2.17 bits per heavy atom. The summed E-state index contributed by atoms with van der Waals surface area (Å²) in [5.41, 5.74) is 3.36. The Morgan fingerprint density at radius 3 is 2.96 bits per heavy atom. The number of amides is 1. The fourth-order valence-electron chi connectivity index (χ4n) is 1.74. The normalized spacial score (nSPS) is 10.6. The van der Waals surface area contributed by atoms with E-state index in [4.69, 9.17) is 4.74 Å². The zero-order valence-corrected chi connectivity index (χ0v) is 13.9. The predicted octanol–water partition coefficient (Wildman–Crippen LogP) is 3.16. The van der Waals surface area contributed by atoms with Crippen LogP contribution in [-0.2, 0) is 4.79 Å². The lowest BCUT2D eigenvalue weighted by Crippen LogP contribution is -2.25. The van der Waals surface area contributed by atoms with E-state index in [1.165, 1.54) is 12.3 Å². The van der Waals surface area contributed by atoms with Crippen LogP contribution in [0.4, 0.5) is 10.1 Å². The largest absolute Gasteiger partial charge is 0.497 e. The molecule has 2 rings (SSSR count). The number of hydrogen-bond acceptors (Lipinski definition) is 4. The van der Waals surface area contributed by atoms with Gasteiger partial charge in [-0.2, -0.15) is 5.10 Å². The Bertz CT molecular complexity index is 722. The van der Waals surface area contributed by atoms with E-state index in [1.807, 2.05) is 18.2 Å². The molecule has 0 atom stereocenters. The van der Waals surface area contributed by atoms with Crippen molar-refractivity contribution in [3.05, 3.63) is 58.3 Å². The summed E-state index contributed by atoms with van der Waals surface area (Å²) in [6.45, 7) is 0.0332. The molecule has 5 nitrogen and oxygen atoms in total. The Morgan fingerprint density at radius 1 is 1.35 bits per heavy atom. The summed E-state index contributed by atoms with van der Waals surface area (Å²) in [6, 6.07) is 11.7. The molecule has 0 heterocycles. The second-order valence-electron chi connectivity index (χ2n) is 4.54. The summed E-state index contributed by atoms with van der Waals surface area (Å²) in [4.78, 5) is 11.7. The number of rotatable bonds is 6. The number of carbonyl (C=O) groups excluding carboxylic acids is 1. The van der Waals surface area contributed by atoms with Crippen molar-refractivity contribution in [3.8, 4) is 5.75 Å². The van der Waals surface area contributed by atoms with Gasteiger partial charge in [-0.05, 0) is 30.3 Å². The highest BCUT2D eigenvalue weighted by Crippen LogP contribution is 2.16. The fourth-order valence-corrected chi connectivity index (χ4v) is 2.12. The summed E-state index contributed by atoms with van der Waals surface area (Å²) < 4.78 is 19.3. The van der Waals surface area contributed by atoms with Crippen molar-refractivity contribution in [2.24, 2.45) is 5.10 Å². The molecule has 0 saturated heterocycles. The van der Waals surface area contributed by atoms with Gasteiger partial charge in [0.2, 0.25) is 0 Å². The van der Waals surface area contributed by atoms with E-state index in [-0.39, 0.29) is 18.0 Å². The van der Waals surface area contributed by atoms with Crippen LogP contribution in [0, 0.1) is 5.82 Å².